The Morgan fingerprint density at radius 2 is 1.82 bits per heavy atom. The molecule has 0 saturated carbocycles. The number of rotatable bonds is 4. The third-order valence-corrected chi connectivity index (χ3v) is 3.52. The molecule has 0 unspecified atom stereocenters. The summed E-state index contributed by atoms with van der Waals surface area (Å²) in [6.07, 6.45) is 0.544. The lowest BCUT2D eigenvalue weighted by atomic mass is 10.1. The molecule has 0 aliphatic carbocycles. The molecule has 3 rings (SSSR count). The number of anilines is 1. The van der Waals surface area contributed by atoms with Gasteiger partial charge >= 0.3 is 0 Å². The predicted molar refractivity (Wildman–Crippen MR) is 86.3 cm³/mol. The Morgan fingerprint density at radius 3 is 2.59 bits per heavy atom. The van der Waals surface area contributed by atoms with E-state index in [9.17, 15) is 0 Å². The summed E-state index contributed by atoms with van der Waals surface area (Å²) in [5, 5.41) is 0.868. The fourth-order valence-electron chi connectivity index (χ4n) is 2.40. The number of hydrogen-bond donors (Lipinski definition) is 1. The van der Waals surface area contributed by atoms with Gasteiger partial charge in [-0.2, -0.15) is 0 Å². The van der Waals surface area contributed by atoms with Crippen LogP contribution >= 0.6 is 0 Å². The summed E-state index contributed by atoms with van der Waals surface area (Å²) in [6.45, 7) is 0. The van der Waals surface area contributed by atoms with E-state index in [4.69, 9.17) is 15.2 Å². The molecule has 0 fully saturated rings. The first kappa shape index (κ1) is 14.1. The molecule has 2 N–H and O–H groups in total. The first-order valence-electron chi connectivity index (χ1n) is 6.93. The second-order valence-electron chi connectivity index (χ2n) is 4.90. The van der Waals surface area contributed by atoms with Crippen molar-refractivity contribution in [1.29, 1.82) is 0 Å². The fourth-order valence-corrected chi connectivity index (χ4v) is 2.40. The van der Waals surface area contributed by atoms with Crippen molar-refractivity contribution >= 4 is 16.7 Å². The van der Waals surface area contributed by atoms with E-state index < -0.39 is 0 Å². The van der Waals surface area contributed by atoms with Crippen LogP contribution in [-0.2, 0) is 6.42 Å². The SMILES string of the molecule is COc1ccc(Cc2nc(N)c3ccccc3n2)c(OC)c1. The van der Waals surface area contributed by atoms with Crippen LogP contribution in [0.3, 0.4) is 0 Å². The van der Waals surface area contributed by atoms with Crippen LogP contribution in [0, 0.1) is 0 Å². The lowest BCUT2D eigenvalue weighted by molar-refractivity contribution is 0.391. The van der Waals surface area contributed by atoms with Crippen molar-refractivity contribution in [3.05, 3.63) is 53.9 Å². The molecule has 2 aromatic carbocycles. The van der Waals surface area contributed by atoms with Crippen molar-refractivity contribution in [2.75, 3.05) is 20.0 Å². The highest BCUT2D eigenvalue weighted by Crippen LogP contribution is 2.27. The Hall–Kier alpha value is -2.82. The number of para-hydroxylation sites is 1. The molecule has 3 aromatic rings. The zero-order valence-electron chi connectivity index (χ0n) is 12.5. The topological polar surface area (TPSA) is 70.3 Å². The van der Waals surface area contributed by atoms with Crippen LogP contribution in [0.2, 0.25) is 0 Å². The number of nitrogens with two attached hydrogens (primary N) is 1. The Balaban J connectivity index is 1.99. The predicted octanol–water partition coefficient (Wildman–Crippen LogP) is 2.82. The summed E-state index contributed by atoms with van der Waals surface area (Å²) in [5.74, 6) is 2.65. The van der Waals surface area contributed by atoms with E-state index in [-0.39, 0.29) is 0 Å². The lowest BCUT2D eigenvalue weighted by Gasteiger charge is -2.10. The van der Waals surface area contributed by atoms with Crippen molar-refractivity contribution in [2.45, 2.75) is 6.42 Å². The minimum absolute atomic E-state index is 0.494. The second-order valence-corrected chi connectivity index (χ2v) is 4.90. The van der Waals surface area contributed by atoms with E-state index >= 15 is 0 Å². The number of ether oxygens (including phenoxy) is 2. The van der Waals surface area contributed by atoms with Gasteiger partial charge in [-0.3, -0.25) is 0 Å². The molecule has 0 aliphatic rings. The van der Waals surface area contributed by atoms with E-state index in [2.05, 4.69) is 9.97 Å². The minimum Gasteiger partial charge on any atom is -0.497 e. The zero-order chi connectivity index (χ0) is 15.5. The maximum atomic E-state index is 6.02. The van der Waals surface area contributed by atoms with E-state index in [1.54, 1.807) is 14.2 Å². The van der Waals surface area contributed by atoms with Crippen LogP contribution in [0.25, 0.3) is 10.9 Å². The van der Waals surface area contributed by atoms with E-state index in [1.165, 1.54) is 0 Å². The Morgan fingerprint density at radius 1 is 1.00 bits per heavy atom. The number of fused-ring (bicyclic) bond motifs is 1. The zero-order valence-corrected chi connectivity index (χ0v) is 12.5. The van der Waals surface area contributed by atoms with Gasteiger partial charge in [0.05, 0.1) is 19.7 Å². The van der Waals surface area contributed by atoms with Crippen molar-refractivity contribution in [3.8, 4) is 11.5 Å². The van der Waals surface area contributed by atoms with Gasteiger partial charge in [-0.05, 0) is 18.2 Å². The summed E-state index contributed by atoms with van der Waals surface area (Å²) in [4.78, 5) is 8.97. The van der Waals surface area contributed by atoms with Gasteiger partial charge in [0.2, 0.25) is 0 Å². The van der Waals surface area contributed by atoms with Crippen LogP contribution in [0.1, 0.15) is 11.4 Å². The molecule has 112 valence electrons. The van der Waals surface area contributed by atoms with E-state index in [0.717, 1.165) is 28.0 Å². The molecular weight excluding hydrogens is 278 g/mol. The molecule has 0 bridgehead atoms. The molecule has 1 heterocycles. The van der Waals surface area contributed by atoms with Gasteiger partial charge in [0, 0.05) is 23.4 Å². The van der Waals surface area contributed by atoms with Gasteiger partial charge in [0.25, 0.3) is 0 Å². The van der Waals surface area contributed by atoms with Gasteiger partial charge in [0.15, 0.2) is 0 Å². The maximum absolute atomic E-state index is 6.02. The molecular formula is C17H17N3O2. The molecule has 22 heavy (non-hydrogen) atoms. The second kappa shape index (κ2) is 5.89. The fraction of sp³-hybridized carbons (Fsp3) is 0.176. The Kier molecular flexibility index (Phi) is 3.78. The lowest BCUT2D eigenvalue weighted by Crippen LogP contribution is -2.03. The van der Waals surface area contributed by atoms with Gasteiger partial charge in [0.1, 0.15) is 23.1 Å². The van der Waals surface area contributed by atoms with Crippen LogP contribution in [0.15, 0.2) is 42.5 Å². The van der Waals surface area contributed by atoms with E-state index in [1.807, 2.05) is 42.5 Å². The summed E-state index contributed by atoms with van der Waals surface area (Å²) >= 11 is 0. The highest BCUT2D eigenvalue weighted by Gasteiger charge is 2.10. The minimum atomic E-state index is 0.494. The first-order valence-corrected chi connectivity index (χ1v) is 6.93. The highest BCUT2D eigenvalue weighted by atomic mass is 16.5. The molecule has 0 amide bonds. The monoisotopic (exact) mass is 295 g/mol. The number of benzene rings is 2. The number of aromatic nitrogens is 2. The van der Waals surface area contributed by atoms with Crippen LogP contribution < -0.4 is 15.2 Å². The van der Waals surface area contributed by atoms with Crippen molar-refractivity contribution in [3.63, 3.8) is 0 Å². The molecule has 0 radical (unpaired) electrons. The molecule has 5 nitrogen and oxygen atoms in total. The standard InChI is InChI=1S/C17H17N3O2/c1-21-12-8-7-11(15(10-12)22-2)9-16-19-14-6-4-3-5-13(14)17(18)20-16/h3-8,10H,9H2,1-2H3,(H2,18,19,20). The number of nitrogen functional groups attached to an aromatic ring is 1. The average Bonchev–Trinajstić information content (AvgIpc) is 2.55. The number of methoxy groups -OCH3 is 2. The van der Waals surface area contributed by atoms with Gasteiger partial charge in [-0.1, -0.05) is 18.2 Å². The molecule has 0 saturated heterocycles. The third kappa shape index (κ3) is 2.65. The van der Waals surface area contributed by atoms with Crippen LogP contribution in [0.5, 0.6) is 11.5 Å². The first-order chi connectivity index (χ1) is 10.7. The van der Waals surface area contributed by atoms with Crippen molar-refractivity contribution in [2.24, 2.45) is 0 Å². The van der Waals surface area contributed by atoms with Crippen molar-refractivity contribution in [1.82, 2.24) is 9.97 Å². The summed E-state index contributed by atoms with van der Waals surface area (Å²) in [6, 6.07) is 13.4. The largest absolute Gasteiger partial charge is 0.497 e. The van der Waals surface area contributed by atoms with Crippen molar-refractivity contribution < 1.29 is 9.47 Å². The van der Waals surface area contributed by atoms with Gasteiger partial charge < -0.3 is 15.2 Å². The van der Waals surface area contributed by atoms with Gasteiger partial charge in [-0.15, -0.1) is 0 Å². The number of hydrogen-bond acceptors (Lipinski definition) is 5. The highest BCUT2D eigenvalue weighted by molar-refractivity contribution is 5.87. The smallest absolute Gasteiger partial charge is 0.135 e. The molecule has 5 heteroatoms. The van der Waals surface area contributed by atoms with Gasteiger partial charge in [-0.25, -0.2) is 9.97 Å². The molecule has 1 aromatic heterocycles. The number of nitrogens with zero attached hydrogens (tertiary/aromatic N) is 2. The Bertz CT molecular complexity index is 818. The Labute approximate surface area is 128 Å². The van der Waals surface area contributed by atoms with Crippen LogP contribution in [-0.4, -0.2) is 24.2 Å². The average molecular weight is 295 g/mol. The third-order valence-electron chi connectivity index (χ3n) is 3.52. The molecule has 0 spiro atoms. The quantitative estimate of drug-likeness (QED) is 0.801. The summed E-state index contributed by atoms with van der Waals surface area (Å²) < 4.78 is 10.6. The summed E-state index contributed by atoms with van der Waals surface area (Å²) in [7, 11) is 3.26. The molecule has 0 atom stereocenters. The summed E-state index contributed by atoms with van der Waals surface area (Å²) in [5.41, 5.74) is 7.85. The molecule has 0 aliphatic heterocycles. The van der Waals surface area contributed by atoms with E-state index in [0.29, 0.717) is 18.1 Å². The van der Waals surface area contributed by atoms with Crippen LogP contribution in [0.4, 0.5) is 5.82 Å². The normalized spacial score (nSPS) is 10.6. The maximum Gasteiger partial charge on any atom is 0.135 e.